The van der Waals surface area contributed by atoms with Gasteiger partial charge in [0.05, 0.1) is 11.4 Å². The van der Waals surface area contributed by atoms with Crippen molar-refractivity contribution in [3.05, 3.63) is 16.1 Å². The number of hydrogen-bond donors (Lipinski definition) is 1. The lowest BCUT2D eigenvalue weighted by Gasteiger charge is -2.14. The molecule has 0 aromatic carbocycles. The first-order chi connectivity index (χ1) is 8.92. The second-order valence-electron chi connectivity index (χ2n) is 5.26. The minimum atomic E-state index is -2.89. The summed E-state index contributed by atoms with van der Waals surface area (Å²) in [6, 6.07) is 0.699. The Bertz CT molecular complexity index is 509. The van der Waals surface area contributed by atoms with Gasteiger partial charge in [0.1, 0.15) is 14.8 Å². The van der Waals surface area contributed by atoms with Crippen molar-refractivity contribution in [3.63, 3.8) is 0 Å². The van der Waals surface area contributed by atoms with E-state index in [1.54, 1.807) is 11.3 Å². The number of aromatic nitrogens is 1. The Morgan fingerprint density at radius 3 is 2.89 bits per heavy atom. The highest BCUT2D eigenvalue weighted by Gasteiger charge is 2.20. The van der Waals surface area contributed by atoms with Gasteiger partial charge in [-0.1, -0.05) is 0 Å². The van der Waals surface area contributed by atoms with Gasteiger partial charge in [0.25, 0.3) is 0 Å². The summed E-state index contributed by atoms with van der Waals surface area (Å²) in [6.07, 6.45) is 3.84. The molecule has 2 rings (SSSR count). The molecule has 1 N–H and O–H groups in total. The highest BCUT2D eigenvalue weighted by atomic mass is 32.2. The maximum atomic E-state index is 11.1. The molecule has 0 saturated heterocycles. The Hall–Kier alpha value is -0.500. The van der Waals surface area contributed by atoms with E-state index in [4.69, 9.17) is 0 Å². The summed E-state index contributed by atoms with van der Waals surface area (Å²) < 4.78 is 22.2. The van der Waals surface area contributed by atoms with E-state index in [1.165, 1.54) is 19.1 Å². The first kappa shape index (κ1) is 14.9. The van der Waals surface area contributed by atoms with Crippen LogP contribution in [-0.4, -0.2) is 49.9 Å². The summed E-state index contributed by atoms with van der Waals surface area (Å²) in [4.78, 5) is 6.55. The molecular weight excluding hydrogens is 282 g/mol. The topological polar surface area (TPSA) is 62.3 Å². The van der Waals surface area contributed by atoms with Crippen molar-refractivity contribution in [3.8, 4) is 0 Å². The summed E-state index contributed by atoms with van der Waals surface area (Å²) in [5.74, 6) is 0.198. The molecule has 0 unspecified atom stereocenters. The van der Waals surface area contributed by atoms with Crippen molar-refractivity contribution in [2.45, 2.75) is 32.0 Å². The summed E-state index contributed by atoms with van der Waals surface area (Å²) in [5, 5.41) is 6.61. The molecule has 1 heterocycles. The number of nitrogens with zero attached hydrogens (tertiary/aromatic N) is 2. The van der Waals surface area contributed by atoms with Gasteiger partial charge in [-0.15, -0.1) is 11.3 Å². The van der Waals surface area contributed by atoms with Gasteiger partial charge in [-0.05, 0) is 19.9 Å². The van der Waals surface area contributed by atoms with Crippen molar-refractivity contribution in [1.82, 2.24) is 15.2 Å². The second kappa shape index (κ2) is 6.30. The van der Waals surface area contributed by atoms with E-state index in [9.17, 15) is 8.42 Å². The zero-order valence-electron chi connectivity index (χ0n) is 11.4. The SMILES string of the molecule is CN(CCS(C)(=O)=O)Cc1csc(CNC2CC2)n1. The fraction of sp³-hybridized carbons (Fsp3) is 0.750. The van der Waals surface area contributed by atoms with Crippen LogP contribution in [0.1, 0.15) is 23.5 Å². The molecule has 1 aliphatic carbocycles. The third-order valence-electron chi connectivity index (χ3n) is 2.99. The third kappa shape index (κ3) is 5.99. The third-order valence-corrected chi connectivity index (χ3v) is 4.82. The van der Waals surface area contributed by atoms with Gasteiger partial charge >= 0.3 is 0 Å². The lowest BCUT2D eigenvalue weighted by Crippen LogP contribution is -2.25. The van der Waals surface area contributed by atoms with Crippen LogP contribution in [0.25, 0.3) is 0 Å². The molecule has 0 aliphatic heterocycles. The number of sulfone groups is 1. The fourth-order valence-corrected chi connectivity index (χ4v) is 3.08. The van der Waals surface area contributed by atoms with E-state index < -0.39 is 9.84 Å². The minimum Gasteiger partial charge on any atom is -0.308 e. The lowest BCUT2D eigenvalue weighted by molar-refractivity contribution is 0.342. The summed E-state index contributed by atoms with van der Waals surface area (Å²) in [6.45, 7) is 2.10. The van der Waals surface area contributed by atoms with Crippen LogP contribution in [0.15, 0.2) is 5.38 Å². The Kier molecular flexibility index (Phi) is 4.94. The Morgan fingerprint density at radius 2 is 2.26 bits per heavy atom. The summed E-state index contributed by atoms with van der Waals surface area (Å²) in [5.41, 5.74) is 1.02. The molecular formula is C12H21N3O2S2. The maximum Gasteiger partial charge on any atom is 0.148 e. The standard InChI is InChI=1S/C12H21N3O2S2/c1-15(5-6-19(2,16)17)8-11-9-18-12(14-11)7-13-10-3-4-10/h9-10,13H,3-8H2,1-2H3. The molecule has 108 valence electrons. The van der Waals surface area contributed by atoms with E-state index in [2.05, 4.69) is 15.7 Å². The summed E-state index contributed by atoms with van der Waals surface area (Å²) >= 11 is 1.67. The van der Waals surface area contributed by atoms with Gasteiger partial charge in [0.2, 0.25) is 0 Å². The molecule has 0 amide bonds. The van der Waals surface area contributed by atoms with Crippen LogP contribution < -0.4 is 5.32 Å². The first-order valence-corrected chi connectivity index (χ1v) is 9.39. The van der Waals surface area contributed by atoms with E-state index in [0.717, 1.165) is 17.2 Å². The van der Waals surface area contributed by atoms with Crippen LogP contribution in [0.3, 0.4) is 0 Å². The average molecular weight is 303 g/mol. The van der Waals surface area contributed by atoms with E-state index in [0.29, 0.717) is 19.1 Å². The smallest absolute Gasteiger partial charge is 0.148 e. The van der Waals surface area contributed by atoms with Crippen molar-refractivity contribution in [1.29, 1.82) is 0 Å². The Morgan fingerprint density at radius 1 is 1.53 bits per heavy atom. The lowest BCUT2D eigenvalue weighted by atomic mass is 10.4. The average Bonchev–Trinajstić information content (AvgIpc) is 3.04. The number of nitrogens with one attached hydrogen (secondary N) is 1. The molecule has 5 nitrogen and oxygen atoms in total. The van der Waals surface area contributed by atoms with Crippen molar-refractivity contribution >= 4 is 21.2 Å². The van der Waals surface area contributed by atoms with Crippen LogP contribution in [0, 0.1) is 0 Å². The molecule has 0 spiro atoms. The van der Waals surface area contributed by atoms with Gasteiger partial charge < -0.3 is 5.32 Å². The van der Waals surface area contributed by atoms with E-state index >= 15 is 0 Å². The predicted octanol–water partition coefficient (Wildman–Crippen LogP) is 0.872. The van der Waals surface area contributed by atoms with E-state index in [-0.39, 0.29) is 5.75 Å². The van der Waals surface area contributed by atoms with Gasteiger partial charge in [-0.25, -0.2) is 13.4 Å². The van der Waals surface area contributed by atoms with Crippen molar-refractivity contribution in [2.75, 3.05) is 25.6 Å². The van der Waals surface area contributed by atoms with Crippen LogP contribution in [0.5, 0.6) is 0 Å². The fourth-order valence-electron chi connectivity index (χ4n) is 1.70. The highest BCUT2D eigenvalue weighted by Crippen LogP contribution is 2.20. The van der Waals surface area contributed by atoms with Crippen LogP contribution in [0.2, 0.25) is 0 Å². The van der Waals surface area contributed by atoms with Gasteiger partial charge in [0.15, 0.2) is 0 Å². The number of thiazole rings is 1. The molecule has 0 atom stereocenters. The molecule has 7 heteroatoms. The van der Waals surface area contributed by atoms with Crippen LogP contribution in [0.4, 0.5) is 0 Å². The number of hydrogen-bond acceptors (Lipinski definition) is 6. The van der Waals surface area contributed by atoms with E-state index in [1.807, 2.05) is 11.9 Å². The van der Waals surface area contributed by atoms with Crippen molar-refractivity contribution in [2.24, 2.45) is 0 Å². The molecule has 1 fully saturated rings. The largest absolute Gasteiger partial charge is 0.308 e. The van der Waals surface area contributed by atoms with Gasteiger partial charge in [-0.2, -0.15) is 0 Å². The molecule has 1 aromatic heterocycles. The maximum absolute atomic E-state index is 11.1. The van der Waals surface area contributed by atoms with Gasteiger partial charge in [-0.3, -0.25) is 4.90 Å². The highest BCUT2D eigenvalue weighted by molar-refractivity contribution is 7.90. The Labute approximate surface area is 119 Å². The molecule has 1 aliphatic rings. The molecule has 0 radical (unpaired) electrons. The quantitative estimate of drug-likeness (QED) is 0.772. The normalized spacial score (nSPS) is 16.2. The summed E-state index contributed by atoms with van der Waals surface area (Å²) in [7, 11) is -0.964. The zero-order chi connectivity index (χ0) is 13.9. The monoisotopic (exact) mass is 303 g/mol. The van der Waals surface area contributed by atoms with Crippen molar-refractivity contribution < 1.29 is 8.42 Å². The van der Waals surface area contributed by atoms with Crippen LogP contribution in [-0.2, 0) is 22.9 Å². The number of rotatable bonds is 8. The van der Waals surface area contributed by atoms with Gasteiger partial charge in [0, 0.05) is 37.3 Å². The minimum absolute atomic E-state index is 0.198. The Balaban J connectivity index is 1.74. The molecule has 0 bridgehead atoms. The van der Waals surface area contributed by atoms with Crippen LogP contribution >= 0.6 is 11.3 Å². The molecule has 1 aromatic rings. The second-order valence-corrected chi connectivity index (χ2v) is 8.46. The molecule has 1 saturated carbocycles. The first-order valence-electron chi connectivity index (χ1n) is 6.45. The zero-order valence-corrected chi connectivity index (χ0v) is 13.1. The predicted molar refractivity (Wildman–Crippen MR) is 78.0 cm³/mol. The molecule has 19 heavy (non-hydrogen) atoms.